The van der Waals surface area contributed by atoms with Crippen LogP contribution in [-0.2, 0) is 6.61 Å². The lowest BCUT2D eigenvalue weighted by Crippen LogP contribution is -1.98. The average Bonchev–Trinajstić information content (AvgIpc) is 2.59. The monoisotopic (exact) mass is 387 g/mol. The average molecular weight is 388 g/mol. The molecule has 3 aromatic rings. The lowest BCUT2D eigenvalue weighted by Gasteiger charge is -2.17. The van der Waals surface area contributed by atoms with Crippen LogP contribution in [0.1, 0.15) is 11.1 Å². The molecule has 0 fully saturated rings. The first-order chi connectivity index (χ1) is 11.6. The first-order valence-corrected chi connectivity index (χ1v) is 8.29. The molecule has 124 valence electrons. The highest BCUT2D eigenvalue weighted by atomic mass is 79.9. The van der Waals surface area contributed by atoms with E-state index in [1.54, 1.807) is 20.4 Å². The van der Waals surface area contributed by atoms with Crippen LogP contribution in [-0.4, -0.2) is 24.3 Å². The summed E-state index contributed by atoms with van der Waals surface area (Å²) in [4.78, 5) is 4.19. The molecule has 4 nitrogen and oxygen atoms in total. The SMILES string of the molecule is COc1cc2cc(C)c(CO)c(-c3ccnc(Br)c3)c2cc1OC. The Morgan fingerprint density at radius 2 is 1.79 bits per heavy atom. The number of nitrogens with zero attached hydrogens (tertiary/aromatic N) is 1. The molecule has 0 saturated heterocycles. The minimum Gasteiger partial charge on any atom is -0.493 e. The summed E-state index contributed by atoms with van der Waals surface area (Å²) in [5, 5.41) is 12.0. The number of aryl methyl sites for hydroxylation is 1. The van der Waals surface area contributed by atoms with Gasteiger partial charge in [-0.1, -0.05) is 6.07 Å². The van der Waals surface area contributed by atoms with E-state index in [4.69, 9.17) is 9.47 Å². The van der Waals surface area contributed by atoms with Crippen molar-refractivity contribution in [1.29, 1.82) is 0 Å². The van der Waals surface area contributed by atoms with Gasteiger partial charge in [-0.2, -0.15) is 0 Å². The summed E-state index contributed by atoms with van der Waals surface area (Å²) in [6.07, 6.45) is 1.75. The number of fused-ring (bicyclic) bond motifs is 1. The number of aromatic nitrogens is 1. The number of halogens is 1. The Labute approximate surface area is 149 Å². The van der Waals surface area contributed by atoms with Gasteiger partial charge in [-0.25, -0.2) is 4.98 Å². The second kappa shape index (κ2) is 6.79. The second-order valence-electron chi connectivity index (χ2n) is 5.50. The van der Waals surface area contributed by atoms with Gasteiger partial charge >= 0.3 is 0 Å². The highest BCUT2D eigenvalue weighted by molar-refractivity contribution is 9.10. The Morgan fingerprint density at radius 1 is 1.08 bits per heavy atom. The Bertz CT molecular complexity index is 909. The Hall–Kier alpha value is -2.11. The normalized spacial score (nSPS) is 10.9. The van der Waals surface area contributed by atoms with Crippen molar-refractivity contribution in [1.82, 2.24) is 4.98 Å². The van der Waals surface area contributed by atoms with Crippen LogP contribution in [0.5, 0.6) is 11.5 Å². The van der Waals surface area contributed by atoms with E-state index in [2.05, 4.69) is 27.0 Å². The highest BCUT2D eigenvalue weighted by Gasteiger charge is 2.16. The Balaban J connectivity index is 2.43. The van der Waals surface area contributed by atoms with Crippen molar-refractivity contribution in [2.24, 2.45) is 0 Å². The number of hydrogen-bond acceptors (Lipinski definition) is 4. The zero-order valence-corrected chi connectivity index (χ0v) is 15.3. The number of pyridine rings is 1. The molecule has 0 unspecified atom stereocenters. The van der Waals surface area contributed by atoms with Crippen LogP contribution in [0.4, 0.5) is 0 Å². The van der Waals surface area contributed by atoms with Crippen molar-refractivity contribution in [2.45, 2.75) is 13.5 Å². The van der Waals surface area contributed by atoms with Gasteiger partial charge < -0.3 is 14.6 Å². The summed E-state index contributed by atoms with van der Waals surface area (Å²) in [5.74, 6) is 1.34. The van der Waals surface area contributed by atoms with Gasteiger partial charge in [-0.15, -0.1) is 0 Å². The summed E-state index contributed by atoms with van der Waals surface area (Å²) in [5.41, 5.74) is 3.89. The fourth-order valence-corrected chi connectivity index (χ4v) is 3.37. The molecule has 0 aliphatic carbocycles. The number of methoxy groups -OCH3 is 2. The topological polar surface area (TPSA) is 51.6 Å². The van der Waals surface area contributed by atoms with Crippen LogP contribution in [0, 0.1) is 6.92 Å². The van der Waals surface area contributed by atoms with E-state index in [9.17, 15) is 5.11 Å². The van der Waals surface area contributed by atoms with E-state index in [1.807, 2.05) is 31.2 Å². The summed E-state index contributed by atoms with van der Waals surface area (Å²) in [7, 11) is 3.24. The molecule has 0 aliphatic rings. The van der Waals surface area contributed by atoms with Gasteiger partial charge in [0, 0.05) is 6.20 Å². The number of benzene rings is 2. The van der Waals surface area contributed by atoms with Crippen molar-refractivity contribution in [3.05, 3.63) is 52.3 Å². The van der Waals surface area contributed by atoms with Crippen molar-refractivity contribution in [3.63, 3.8) is 0 Å². The van der Waals surface area contributed by atoms with Gasteiger partial charge in [0.1, 0.15) is 4.60 Å². The smallest absolute Gasteiger partial charge is 0.161 e. The zero-order chi connectivity index (χ0) is 17.3. The first-order valence-electron chi connectivity index (χ1n) is 7.50. The van der Waals surface area contributed by atoms with E-state index in [-0.39, 0.29) is 6.61 Å². The van der Waals surface area contributed by atoms with Crippen molar-refractivity contribution in [3.8, 4) is 22.6 Å². The second-order valence-corrected chi connectivity index (χ2v) is 6.31. The molecule has 0 spiro atoms. The van der Waals surface area contributed by atoms with E-state index in [0.717, 1.165) is 37.6 Å². The molecule has 1 N–H and O–H groups in total. The van der Waals surface area contributed by atoms with Crippen molar-refractivity contribution in [2.75, 3.05) is 14.2 Å². The molecule has 24 heavy (non-hydrogen) atoms. The third-order valence-electron chi connectivity index (χ3n) is 4.15. The minimum absolute atomic E-state index is 0.0363. The molecule has 0 atom stereocenters. The van der Waals surface area contributed by atoms with Gasteiger partial charge in [0.05, 0.1) is 20.8 Å². The molecule has 0 aliphatic heterocycles. The molecule has 1 aromatic heterocycles. The molecule has 3 rings (SSSR count). The van der Waals surface area contributed by atoms with Crippen molar-refractivity contribution < 1.29 is 14.6 Å². The van der Waals surface area contributed by atoms with Crippen LogP contribution < -0.4 is 9.47 Å². The number of aliphatic hydroxyl groups excluding tert-OH is 1. The quantitative estimate of drug-likeness (QED) is 0.670. The lowest BCUT2D eigenvalue weighted by atomic mass is 9.90. The molecule has 1 heterocycles. The maximum Gasteiger partial charge on any atom is 0.161 e. The van der Waals surface area contributed by atoms with Crippen LogP contribution >= 0.6 is 15.9 Å². The minimum atomic E-state index is -0.0363. The summed E-state index contributed by atoms with van der Waals surface area (Å²) < 4.78 is 11.6. The molecular formula is C19H18BrNO3. The predicted molar refractivity (Wildman–Crippen MR) is 98.6 cm³/mol. The Morgan fingerprint density at radius 3 is 2.42 bits per heavy atom. The third-order valence-corrected chi connectivity index (χ3v) is 4.58. The van der Waals surface area contributed by atoms with Crippen LogP contribution in [0.3, 0.4) is 0 Å². The fraction of sp³-hybridized carbons (Fsp3) is 0.211. The number of ether oxygens (including phenoxy) is 2. The van der Waals surface area contributed by atoms with Crippen LogP contribution in [0.25, 0.3) is 21.9 Å². The molecule has 0 radical (unpaired) electrons. The maximum atomic E-state index is 9.93. The molecule has 2 aromatic carbocycles. The number of rotatable bonds is 4. The van der Waals surface area contributed by atoms with Gasteiger partial charge in [0.2, 0.25) is 0 Å². The number of aliphatic hydroxyl groups is 1. The van der Waals surface area contributed by atoms with Gasteiger partial charge in [0.25, 0.3) is 0 Å². The van der Waals surface area contributed by atoms with Crippen LogP contribution in [0.2, 0.25) is 0 Å². The summed E-state index contributed by atoms with van der Waals surface area (Å²) in [6.45, 7) is 1.97. The first kappa shape index (κ1) is 16.7. The van der Waals surface area contributed by atoms with E-state index in [1.165, 1.54) is 0 Å². The lowest BCUT2D eigenvalue weighted by molar-refractivity contribution is 0.282. The largest absolute Gasteiger partial charge is 0.493 e. The van der Waals surface area contributed by atoms with E-state index >= 15 is 0 Å². The van der Waals surface area contributed by atoms with Gasteiger partial charge in [0.15, 0.2) is 11.5 Å². The molecule has 5 heteroatoms. The van der Waals surface area contributed by atoms with Crippen molar-refractivity contribution >= 4 is 26.7 Å². The summed E-state index contributed by atoms with van der Waals surface area (Å²) in [6, 6.07) is 9.86. The molecular weight excluding hydrogens is 370 g/mol. The summed E-state index contributed by atoms with van der Waals surface area (Å²) >= 11 is 3.42. The van der Waals surface area contributed by atoms with Gasteiger partial charge in [-0.3, -0.25) is 0 Å². The zero-order valence-electron chi connectivity index (χ0n) is 13.8. The van der Waals surface area contributed by atoms with E-state index < -0.39 is 0 Å². The third kappa shape index (κ3) is 2.85. The molecule has 0 amide bonds. The Kier molecular flexibility index (Phi) is 4.73. The van der Waals surface area contributed by atoms with Crippen LogP contribution in [0.15, 0.2) is 41.1 Å². The maximum absolute atomic E-state index is 9.93. The molecule has 0 saturated carbocycles. The number of hydrogen-bond donors (Lipinski definition) is 1. The predicted octanol–water partition coefficient (Wildman–Crippen LogP) is 4.48. The highest BCUT2D eigenvalue weighted by Crippen LogP contribution is 2.40. The van der Waals surface area contributed by atoms with E-state index in [0.29, 0.717) is 11.5 Å². The molecule has 0 bridgehead atoms. The standard InChI is InChI=1S/C19H18BrNO3/c1-11-6-13-7-16(23-2)17(24-3)9-14(13)19(15(11)10-22)12-4-5-21-18(20)8-12/h4-9,22H,10H2,1-3H3. The van der Waals surface area contributed by atoms with Gasteiger partial charge in [-0.05, 0) is 80.1 Å². The fourth-order valence-electron chi connectivity index (χ4n) is 3.00.